The normalized spacial score (nSPS) is 13.6. The Balaban J connectivity index is 2.83. The van der Waals surface area contributed by atoms with Crippen molar-refractivity contribution in [2.24, 2.45) is 5.73 Å². The number of rotatable bonds is 3. The third kappa shape index (κ3) is 3.42. The molecule has 0 aliphatic carbocycles. The van der Waals surface area contributed by atoms with Gasteiger partial charge >= 0.3 is 6.18 Å². The van der Waals surface area contributed by atoms with Crippen molar-refractivity contribution in [2.75, 3.05) is 0 Å². The molecule has 1 aromatic rings. The van der Waals surface area contributed by atoms with Crippen molar-refractivity contribution in [3.05, 3.63) is 17.7 Å². The van der Waals surface area contributed by atoms with Crippen molar-refractivity contribution in [1.29, 1.82) is 0 Å². The predicted octanol–water partition coefficient (Wildman–Crippen LogP) is 2.15. The van der Waals surface area contributed by atoms with E-state index in [1.165, 1.54) is 6.07 Å². The number of hydrogen-bond donors (Lipinski definition) is 4. The van der Waals surface area contributed by atoms with Gasteiger partial charge in [0.15, 0.2) is 11.5 Å². The van der Waals surface area contributed by atoms with E-state index >= 15 is 0 Å². The molecule has 1 atom stereocenters. The summed E-state index contributed by atoms with van der Waals surface area (Å²) in [5.41, 5.74) is 5.43. The summed E-state index contributed by atoms with van der Waals surface area (Å²) in [6.07, 6.45) is -5.83. The first kappa shape index (κ1) is 13.4. The van der Waals surface area contributed by atoms with Crippen molar-refractivity contribution >= 4 is 0 Å². The minimum atomic E-state index is -4.33. The number of hydrogen-bond acceptors (Lipinski definition) is 4. The van der Waals surface area contributed by atoms with Gasteiger partial charge in [-0.2, -0.15) is 13.2 Å². The third-order valence-corrected chi connectivity index (χ3v) is 2.30. The Bertz CT molecular complexity index is 407. The lowest BCUT2D eigenvalue weighted by molar-refractivity contribution is -0.136. The van der Waals surface area contributed by atoms with Crippen LogP contribution in [0.15, 0.2) is 12.1 Å². The highest BCUT2D eigenvalue weighted by atomic mass is 19.4. The smallest absolute Gasteiger partial charge is 0.389 e. The zero-order chi connectivity index (χ0) is 13.2. The lowest BCUT2D eigenvalue weighted by Crippen LogP contribution is -2.15. The minimum Gasteiger partial charge on any atom is -0.504 e. The Kier molecular flexibility index (Phi) is 3.72. The third-order valence-electron chi connectivity index (χ3n) is 2.30. The van der Waals surface area contributed by atoms with Gasteiger partial charge < -0.3 is 21.1 Å². The van der Waals surface area contributed by atoms with E-state index in [2.05, 4.69) is 0 Å². The van der Waals surface area contributed by atoms with Crippen LogP contribution in [0.5, 0.6) is 17.2 Å². The zero-order valence-corrected chi connectivity index (χ0v) is 8.70. The van der Waals surface area contributed by atoms with Crippen LogP contribution in [0.3, 0.4) is 0 Å². The molecular formula is C10H12F3NO3. The fourth-order valence-electron chi connectivity index (χ4n) is 1.36. The zero-order valence-electron chi connectivity index (χ0n) is 8.70. The molecule has 0 saturated carbocycles. The van der Waals surface area contributed by atoms with E-state index in [4.69, 9.17) is 10.8 Å². The average Bonchev–Trinajstić information content (AvgIpc) is 2.22. The number of alkyl halides is 3. The van der Waals surface area contributed by atoms with Crippen LogP contribution in [-0.2, 0) is 0 Å². The molecule has 0 heterocycles. The van der Waals surface area contributed by atoms with Crippen molar-refractivity contribution in [2.45, 2.75) is 25.1 Å². The first-order valence-corrected chi connectivity index (χ1v) is 4.78. The summed E-state index contributed by atoms with van der Waals surface area (Å²) >= 11 is 0. The first-order valence-electron chi connectivity index (χ1n) is 4.78. The molecule has 17 heavy (non-hydrogen) atoms. The molecule has 4 nitrogen and oxygen atoms in total. The van der Waals surface area contributed by atoms with Crippen LogP contribution in [0, 0.1) is 0 Å². The summed E-state index contributed by atoms with van der Waals surface area (Å²) in [4.78, 5) is 0. The maximum absolute atomic E-state index is 12.0. The highest BCUT2D eigenvalue weighted by Gasteiger charge is 2.28. The SMILES string of the molecule is N[C@@H](CCC(F)(F)F)c1ccc(O)c(O)c1O. The van der Waals surface area contributed by atoms with Crippen LogP contribution in [-0.4, -0.2) is 21.5 Å². The molecule has 5 N–H and O–H groups in total. The van der Waals surface area contributed by atoms with Gasteiger partial charge in [0.05, 0.1) is 0 Å². The van der Waals surface area contributed by atoms with Crippen molar-refractivity contribution in [3.63, 3.8) is 0 Å². The number of phenolic OH excluding ortho intramolecular Hbond substituents is 3. The summed E-state index contributed by atoms with van der Waals surface area (Å²) < 4.78 is 35.9. The highest BCUT2D eigenvalue weighted by molar-refractivity contribution is 5.53. The molecule has 1 rings (SSSR count). The molecule has 0 spiro atoms. The number of halogens is 3. The predicted molar refractivity (Wildman–Crippen MR) is 53.7 cm³/mol. The largest absolute Gasteiger partial charge is 0.504 e. The molecule has 0 radical (unpaired) electrons. The molecule has 0 bridgehead atoms. The maximum atomic E-state index is 12.0. The van der Waals surface area contributed by atoms with E-state index < -0.39 is 42.3 Å². The standard InChI is InChI=1S/C10H12F3NO3/c11-10(12,13)4-3-6(14)5-1-2-7(15)9(17)8(5)16/h1-2,6,15-17H,3-4,14H2/t6-/m0/s1. The van der Waals surface area contributed by atoms with E-state index in [-0.39, 0.29) is 5.56 Å². The van der Waals surface area contributed by atoms with Crippen molar-refractivity contribution in [1.82, 2.24) is 0 Å². The Labute approximate surface area is 95.1 Å². The van der Waals surface area contributed by atoms with Crippen molar-refractivity contribution in [3.8, 4) is 17.2 Å². The number of benzene rings is 1. The fraction of sp³-hybridized carbons (Fsp3) is 0.400. The second-order valence-corrected chi connectivity index (χ2v) is 3.63. The number of phenols is 3. The van der Waals surface area contributed by atoms with E-state index in [1.807, 2.05) is 0 Å². The summed E-state index contributed by atoms with van der Waals surface area (Å²) in [5, 5.41) is 27.6. The van der Waals surface area contributed by atoms with Gasteiger partial charge in [-0.15, -0.1) is 0 Å². The molecule has 0 aromatic heterocycles. The lowest BCUT2D eigenvalue weighted by atomic mass is 10.0. The number of nitrogens with two attached hydrogens (primary N) is 1. The van der Waals surface area contributed by atoms with E-state index in [0.717, 1.165) is 6.07 Å². The van der Waals surface area contributed by atoms with Crippen LogP contribution < -0.4 is 5.73 Å². The van der Waals surface area contributed by atoms with Gasteiger partial charge in [0.1, 0.15) is 0 Å². The van der Waals surface area contributed by atoms with Crippen molar-refractivity contribution < 1.29 is 28.5 Å². The fourth-order valence-corrected chi connectivity index (χ4v) is 1.36. The summed E-state index contributed by atoms with van der Waals surface area (Å²) in [6, 6.07) is 1.16. The molecule has 96 valence electrons. The monoisotopic (exact) mass is 251 g/mol. The first-order chi connectivity index (χ1) is 7.72. The molecule has 1 aromatic carbocycles. The molecule has 0 amide bonds. The van der Waals surface area contributed by atoms with E-state index in [9.17, 15) is 23.4 Å². The molecule has 0 aliphatic heterocycles. The average molecular weight is 251 g/mol. The second-order valence-electron chi connectivity index (χ2n) is 3.63. The van der Waals surface area contributed by atoms with E-state index in [1.54, 1.807) is 0 Å². The van der Waals surface area contributed by atoms with Crippen LogP contribution in [0.4, 0.5) is 13.2 Å². The molecule has 0 aliphatic rings. The molecular weight excluding hydrogens is 239 g/mol. The molecule has 7 heteroatoms. The lowest BCUT2D eigenvalue weighted by Gasteiger charge is -2.15. The summed E-state index contributed by atoms with van der Waals surface area (Å²) in [5.74, 6) is -2.04. The highest BCUT2D eigenvalue weighted by Crippen LogP contribution is 2.40. The molecule has 0 saturated heterocycles. The van der Waals surface area contributed by atoms with Crippen LogP contribution >= 0.6 is 0 Å². The van der Waals surface area contributed by atoms with Gasteiger partial charge in [0, 0.05) is 18.0 Å². The van der Waals surface area contributed by atoms with Gasteiger partial charge in [-0.25, -0.2) is 0 Å². The maximum Gasteiger partial charge on any atom is 0.389 e. The Morgan fingerprint density at radius 3 is 2.24 bits per heavy atom. The van der Waals surface area contributed by atoms with Crippen LogP contribution in [0.1, 0.15) is 24.4 Å². The minimum absolute atomic E-state index is 0.0375. The summed E-state index contributed by atoms with van der Waals surface area (Å²) in [6.45, 7) is 0. The van der Waals surface area contributed by atoms with Gasteiger partial charge in [-0.1, -0.05) is 0 Å². The Morgan fingerprint density at radius 1 is 1.12 bits per heavy atom. The Hall–Kier alpha value is -1.63. The molecule has 0 fully saturated rings. The van der Waals surface area contributed by atoms with Gasteiger partial charge in [-0.05, 0) is 18.6 Å². The van der Waals surface area contributed by atoms with Crippen LogP contribution in [0.25, 0.3) is 0 Å². The van der Waals surface area contributed by atoms with E-state index in [0.29, 0.717) is 0 Å². The topological polar surface area (TPSA) is 86.7 Å². The number of aromatic hydroxyl groups is 3. The Morgan fingerprint density at radius 2 is 1.71 bits per heavy atom. The van der Waals surface area contributed by atoms with Gasteiger partial charge in [0.2, 0.25) is 5.75 Å². The second kappa shape index (κ2) is 4.70. The van der Waals surface area contributed by atoms with Crippen LogP contribution in [0.2, 0.25) is 0 Å². The van der Waals surface area contributed by atoms with Gasteiger partial charge in [0.25, 0.3) is 0 Å². The quantitative estimate of drug-likeness (QED) is 0.620. The molecule has 0 unspecified atom stereocenters. The van der Waals surface area contributed by atoms with Gasteiger partial charge in [-0.3, -0.25) is 0 Å². The summed E-state index contributed by atoms with van der Waals surface area (Å²) in [7, 11) is 0.